The van der Waals surface area contributed by atoms with Crippen molar-refractivity contribution in [1.29, 1.82) is 0 Å². The molecule has 0 bridgehead atoms. The number of hydrogen-bond donors (Lipinski definition) is 3. The van der Waals surface area contributed by atoms with Crippen LogP contribution >= 0.6 is 0 Å². The monoisotopic (exact) mass is 328 g/mol. The summed E-state index contributed by atoms with van der Waals surface area (Å²) in [6.07, 6.45) is 1.61. The average molecular weight is 328 g/mol. The standard InChI is InChI=1S/C18H24N4O2/c1-11-12(2)21-16-6-5-13(8-15(11)16)9-20-17(23)14-4-3-7-22(10-14)18(19)24/h5-6,8,14,21H,3-4,7,9-10H2,1-2H3,(H2,19,24)(H,20,23)/t14-/m0/s1. The Morgan fingerprint density at radius 2 is 2.17 bits per heavy atom. The fraction of sp³-hybridized carbons (Fsp3) is 0.444. The van der Waals surface area contributed by atoms with Gasteiger partial charge in [-0.3, -0.25) is 4.79 Å². The Hall–Kier alpha value is -2.50. The number of urea groups is 1. The molecule has 0 saturated carbocycles. The zero-order valence-corrected chi connectivity index (χ0v) is 14.2. The van der Waals surface area contributed by atoms with Crippen LogP contribution < -0.4 is 11.1 Å². The Morgan fingerprint density at radius 1 is 1.38 bits per heavy atom. The number of piperidine rings is 1. The summed E-state index contributed by atoms with van der Waals surface area (Å²) in [5, 5.41) is 4.18. The predicted molar refractivity (Wildman–Crippen MR) is 93.5 cm³/mol. The quantitative estimate of drug-likeness (QED) is 0.806. The Balaban J connectivity index is 1.63. The van der Waals surface area contributed by atoms with Crippen molar-refractivity contribution in [2.75, 3.05) is 13.1 Å². The van der Waals surface area contributed by atoms with E-state index in [0.29, 0.717) is 19.6 Å². The number of nitrogens with two attached hydrogens (primary N) is 1. The highest BCUT2D eigenvalue weighted by molar-refractivity contribution is 5.85. The molecule has 3 rings (SSSR count). The number of primary amides is 1. The van der Waals surface area contributed by atoms with Crippen molar-refractivity contribution >= 4 is 22.8 Å². The number of aromatic amines is 1. The van der Waals surface area contributed by atoms with Gasteiger partial charge in [-0.05, 0) is 49.9 Å². The molecule has 1 aromatic carbocycles. The van der Waals surface area contributed by atoms with E-state index in [1.54, 1.807) is 4.90 Å². The second kappa shape index (κ2) is 6.55. The lowest BCUT2D eigenvalue weighted by molar-refractivity contribution is -0.126. The fourth-order valence-electron chi connectivity index (χ4n) is 3.34. The van der Waals surface area contributed by atoms with Crippen LogP contribution in [-0.4, -0.2) is 34.9 Å². The van der Waals surface area contributed by atoms with Crippen molar-refractivity contribution in [2.24, 2.45) is 11.7 Å². The van der Waals surface area contributed by atoms with Crippen molar-refractivity contribution < 1.29 is 9.59 Å². The molecule has 1 aliphatic heterocycles. The van der Waals surface area contributed by atoms with Crippen LogP contribution in [0.1, 0.15) is 29.7 Å². The highest BCUT2D eigenvalue weighted by atomic mass is 16.2. The van der Waals surface area contributed by atoms with Gasteiger partial charge in [0.25, 0.3) is 0 Å². The summed E-state index contributed by atoms with van der Waals surface area (Å²) in [4.78, 5) is 28.5. The van der Waals surface area contributed by atoms with E-state index in [1.165, 1.54) is 16.6 Å². The van der Waals surface area contributed by atoms with Gasteiger partial charge in [0.15, 0.2) is 0 Å². The molecule has 6 heteroatoms. The minimum Gasteiger partial charge on any atom is -0.358 e. The molecule has 1 saturated heterocycles. The first-order chi connectivity index (χ1) is 11.5. The van der Waals surface area contributed by atoms with Crippen LogP contribution in [-0.2, 0) is 11.3 Å². The number of hydrogen-bond acceptors (Lipinski definition) is 2. The number of aryl methyl sites for hydroxylation is 2. The second-order valence-corrected chi connectivity index (χ2v) is 6.60. The van der Waals surface area contributed by atoms with Gasteiger partial charge in [0, 0.05) is 36.2 Å². The van der Waals surface area contributed by atoms with Crippen LogP contribution in [0.5, 0.6) is 0 Å². The zero-order valence-electron chi connectivity index (χ0n) is 14.2. The molecule has 0 aliphatic carbocycles. The predicted octanol–water partition coefficient (Wildman–Crippen LogP) is 2.19. The number of H-pyrrole nitrogens is 1. The lowest BCUT2D eigenvalue weighted by Crippen LogP contribution is -2.47. The van der Waals surface area contributed by atoms with E-state index < -0.39 is 6.03 Å². The number of rotatable bonds is 3. The Kier molecular flexibility index (Phi) is 4.46. The topological polar surface area (TPSA) is 91.2 Å². The van der Waals surface area contributed by atoms with E-state index in [-0.39, 0.29) is 11.8 Å². The van der Waals surface area contributed by atoms with Gasteiger partial charge >= 0.3 is 6.03 Å². The van der Waals surface area contributed by atoms with E-state index in [2.05, 4.69) is 30.2 Å². The number of nitrogens with one attached hydrogen (secondary N) is 2. The molecule has 0 unspecified atom stereocenters. The molecule has 128 valence electrons. The maximum absolute atomic E-state index is 12.4. The van der Waals surface area contributed by atoms with E-state index in [0.717, 1.165) is 23.9 Å². The third kappa shape index (κ3) is 3.22. The summed E-state index contributed by atoms with van der Waals surface area (Å²) >= 11 is 0. The molecule has 1 aliphatic rings. The van der Waals surface area contributed by atoms with Gasteiger partial charge in [-0.2, -0.15) is 0 Å². The number of aromatic nitrogens is 1. The van der Waals surface area contributed by atoms with E-state index >= 15 is 0 Å². The maximum Gasteiger partial charge on any atom is 0.314 e. The molecule has 6 nitrogen and oxygen atoms in total. The first kappa shape index (κ1) is 16.4. The van der Waals surface area contributed by atoms with Gasteiger partial charge in [0.1, 0.15) is 0 Å². The van der Waals surface area contributed by atoms with E-state index in [4.69, 9.17) is 5.73 Å². The van der Waals surface area contributed by atoms with Crippen LogP contribution in [0.3, 0.4) is 0 Å². The third-order valence-electron chi connectivity index (χ3n) is 4.94. The molecule has 1 aromatic heterocycles. The van der Waals surface area contributed by atoms with Gasteiger partial charge in [-0.15, -0.1) is 0 Å². The minimum absolute atomic E-state index is 0.0111. The van der Waals surface area contributed by atoms with Crippen molar-refractivity contribution in [3.05, 3.63) is 35.0 Å². The fourth-order valence-corrected chi connectivity index (χ4v) is 3.34. The molecule has 3 amide bonds. The lowest BCUT2D eigenvalue weighted by Gasteiger charge is -2.30. The van der Waals surface area contributed by atoms with Crippen LogP contribution in [0.25, 0.3) is 10.9 Å². The zero-order chi connectivity index (χ0) is 17.3. The summed E-state index contributed by atoms with van der Waals surface area (Å²) in [6.45, 7) is 5.70. The molecule has 1 atom stereocenters. The molecule has 4 N–H and O–H groups in total. The number of likely N-dealkylation sites (tertiary alicyclic amines) is 1. The Morgan fingerprint density at radius 3 is 2.92 bits per heavy atom. The van der Waals surface area contributed by atoms with E-state index in [9.17, 15) is 9.59 Å². The molecule has 2 aromatic rings. The third-order valence-corrected chi connectivity index (χ3v) is 4.94. The van der Waals surface area contributed by atoms with Crippen molar-refractivity contribution in [1.82, 2.24) is 15.2 Å². The molecule has 0 radical (unpaired) electrons. The Bertz CT molecular complexity index is 781. The number of fused-ring (bicyclic) bond motifs is 1. The van der Waals surface area contributed by atoms with Crippen molar-refractivity contribution in [3.8, 4) is 0 Å². The lowest BCUT2D eigenvalue weighted by atomic mass is 9.97. The van der Waals surface area contributed by atoms with Gasteiger partial charge in [0.2, 0.25) is 5.91 Å². The molecular weight excluding hydrogens is 304 g/mol. The van der Waals surface area contributed by atoms with Crippen LogP contribution in [0.4, 0.5) is 4.79 Å². The summed E-state index contributed by atoms with van der Waals surface area (Å²) in [6, 6.07) is 5.74. The number of carbonyl (C=O) groups excluding carboxylic acids is 2. The SMILES string of the molecule is Cc1[nH]c2ccc(CNC(=O)[C@H]3CCCN(C(N)=O)C3)cc2c1C. The van der Waals surface area contributed by atoms with Crippen LogP contribution in [0, 0.1) is 19.8 Å². The first-order valence-electron chi connectivity index (χ1n) is 8.35. The summed E-state index contributed by atoms with van der Waals surface area (Å²) in [5.74, 6) is -0.186. The largest absolute Gasteiger partial charge is 0.358 e. The molecule has 2 heterocycles. The highest BCUT2D eigenvalue weighted by Crippen LogP contribution is 2.22. The van der Waals surface area contributed by atoms with Crippen molar-refractivity contribution in [2.45, 2.75) is 33.2 Å². The molecule has 1 fully saturated rings. The van der Waals surface area contributed by atoms with Gasteiger partial charge in [0.05, 0.1) is 5.92 Å². The van der Waals surface area contributed by atoms with Gasteiger partial charge < -0.3 is 20.9 Å². The van der Waals surface area contributed by atoms with Gasteiger partial charge in [-0.1, -0.05) is 6.07 Å². The number of nitrogens with zero attached hydrogens (tertiary/aromatic N) is 1. The number of carbonyl (C=O) groups is 2. The smallest absolute Gasteiger partial charge is 0.314 e. The van der Waals surface area contributed by atoms with Crippen LogP contribution in [0.15, 0.2) is 18.2 Å². The highest BCUT2D eigenvalue weighted by Gasteiger charge is 2.27. The Labute approximate surface area is 141 Å². The maximum atomic E-state index is 12.4. The second-order valence-electron chi connectivity index (χ2n) is 6.60. The number of amides is 3. The minimum atomic E-state index is -0.448. The normalized spacial score (nSPS) is 17.9. The van der Waals surface area contributed by atoms with E-state index in [1.807, 2.05) is 12.1 Å². The first-order valence-corrected chi connectivity index (χ1v) is 8.35. The summed E-state index contributed by atoms with van der Waals surface area (Å²) in [7, 11) is 0. The van der Waals surface area contributed by atoms with Gasteiger partial charge in [-0.25, -0.2) is 4.79 Å². The summed E-state index contributed by atoms with van der Waals surface area (Å²) in [5.41, 5.74) is 9.91. The molecule has 24 heavy (non-hydrogen) atoms. The number of benzene rings is 1. The van der Waals surface area contributed by atoms with Crippen LogP contribution in [0.2, 0.25) is 0 Å². The summed E-state index contributed by atoms with van der Waals surface area (Å²) < 4.78 is 0. The molecule has 0 spiro atoms. The van der Waals surface area contributed by atoms with Crippen molar-refractivity contribution in [3.63, 3.8) is 0 Å². The average Bonchev–Trinajstić information content (AvgIpc) is 2.87. The molecular formula is C18H24N4O2.